The molecule has 0 fully saturated rings. The smallest absolute Gasteiger partial charge is 0.305 e. The molecule has 6 nitrogen and oxygen atoms in total. The number of aliphatic hydroxyl groups is 2. The van der Waals surface area contributed by atoms with Gasteiger partial charge in [-0.2, -0.15) is 0 Å². The third-order valence-electron chi connectivity index (χ3n) is 19.3. The van der Waals surface area contributed by atoms with E-state index in [1.54, 1.807) is 0 Å². The topological polar surface area (TPSA) is 95.9 Å². The van der Waals surface area contributed by atoms with Crippen LogP contribution in [0.2, 0.25) is 0 Å². The number of rotatable bonds is 77. The summed E-state index contributed by atoms with van der Waals surface area (Å²) in [6.45, 7) is 4.99. The number of nitrogens with one attached hydrogen (secondary N) is 1. The number of amides is 1. The van der Waals surface area contributed by atoms with Crippen LogP contribution >= 0.6 is 0 Å². The van der Waals surface area contributed by atoms with Crippen molar-refractivity contribution in [3.05, 3.63) is 24.3 Å². The summed E-state index contributed by atoms with van der Waals surface area (Å²) in [5.41, 5.74) is 0. The minimum atomic E-state index is -0.661. The predicted molar refractivity (Wildman–Crippen MR) is 389 cm³/mol. The molecule has 0 heterocycles. The standard InChI is InChI=1S/C82H159NO5/c1-3-5-7-9-11-13-15-17-19-21-42-46-50-54-58-62-66-70-74-80(85)79(78-84)83-81(86)75-71-67-63-59-55-51-47-43-40-38-36-34-32-30-28-26-24-23-25-27-29-31-33-35-37-39-41-45-49-53-57-61-65-69-73-77-88-82(87)76-72-68-64-60-56-52-48-44-22-20-18-16-14-12-10-8-6-4-2/h14,16,20,22,79-80,84-85H,3-13,15,17-19,21,23-78H2,1-2H3,(H,83,86)/b16-14-,22-20-. The highest BCUT2D eigenvalue weighted by Gasteiger charge is 2.20. The monoisotopic (exact) mass is 1240 g/mol. The number of esters is 1. The van der Waals surface area contributed by atoms with Crippen molar-refractivity contribution in [3.63, 3.8) is 0 Å². The fourth-order valence-corrected chi connectivity index (χ4v) is 13.1. The second-order valence-electron chi connectivity index (χ2n) is 28.1. The summed E-state index contributed by atoms with van der Waals surface area (Å²) < 4.78 is 5.51. The highest BCUT2D eigenvalue weighted by atomic mass is 16.5. The molecule has 1 amide bonds. The first-order valence-electron chi connectivity index (χ1n) is 40.6. The van der Waals surface area contributed by atoms with Gasteiger partial charge in [0.2, 0.25) is 5.91 Å². The maximum atomic E-state index is 12.6. The van der Waals surface area contributed by atoms with Crippen LogP contribution in [-0.2, 0) is 14.3 Å². The van der Waals surface area contributed by atoms with Crippen LogP contribution in [0, 0.1) is 0 Å². The number of ether oxygens (including phenoxy) is 1. The van der Waals surface area contributed by atoms with Crippen LogP contribution in [0.15, 0.2) is 24.3 Å². The Morgan fingerprint density at radius 2 is 0.568 bits per heavy atom. The molecule has 0 bridgehead atoms. The van der Waals surface area contributed by atoms with Gasteiger partial charge in [0.1, 0.15) is 0 Å². The summed E-state index contributed by atoms with van der Waals surface area (Å²) in [6.07, 6.45) is 100.0. The van der Waals surface area contributed by atoms with Crippen molar-refractivity contribution in [1.82, 2.24) is 5.32 Å². The molecule has 88 heavy (non-hydrogen) atoms. The van der Waals surface area contributed by atoms with Crippen molar-refractivity contribution in [3.8, 4) is 0 Å². The second kappa shape index (κ2) is 77.8. The zero-order valence-corrected chi connectivity index (χ0v) is 60.0. The average molecular weight is 1240 g/mol. The Morgan fingerprint density at radius 3 is 0.875 bits per heavy atom. The van der Waals surface area contributed by atoms with Gasteiger partial charge in [0.15, 0.2) is 0 Å². The lowest BCUT2D eigenvalue weighted by Crippen LogP contribution is -2.45. The molecule has 0 aliphatic carbocycles. The number of hydrogen-bond acceptors (Lipinski definition) is 5. The van der Waals surface area contributed by atoms with E-state index in [0.717, 1.165) is 51.4 Å². The normalized spacial score (nSPS) is 12.5. The Labute approximate surface area is 551 Å². The van der Waals surface area contributed by atoms with E-state index >= 15 is 0 Å². The van der Waals surface area contributed by atoms with Gasteiger partial charge in [-0.05, 0) is 57.8 Å². The highest BCUT2D eigenvalue weighted by Crippen LogP contribution is 2.20. The van der Waals surface area contributed by atoms with E-state index in [4.69, 9.17) is 4.74 Å². The first-order chi connectivity index (χ1) is 43.5. The lowest BCUT2D eigenvalue weighted by atomic mass is 10.0. The number of carbonyl (C=O) groups is 2. The molecule has 0 aromatic rings. The van der Waals surface area contributed by atoms with Gasteiger partial charge in [-0.3, -0.25) is 9.59 Å². The summed E-state index contributed by atoms with van der Waals surface area (Å²) in [5, 5.41) is 23.4. The van der Waals surface area contributed by atoms with Gasteiger partial charge >= 0.3 is 5.97 Å². The Morgan fingerprint density at radius 1 is 0.318 bits per heavy atom. The minimum absolute atomic E-state index is 0.0162. The molecule has 0 aromatic carbocycles. The molecule has 0 rings (SSSR count). The molecule has 0 saturated heterocycles. The van der Waals surface area contributed by atoms with Crippen LogP contribution in [0.25, 0.3) is 0 Å². The van der Waals surface area contributed by atoms with Gasteiger partial charge in [-0.25, -0.2) is 0 Å². The lowest BCUT2D eigenvalue weighted by Gasteiger charge is -2.22. The van der Waals surface area contributed by atoms with Crippen LogP contribution in [0.4, 0.5) is 0 Å². The van der Waals surface area contributed by atoms with E-state index in [-0.39, 0.29) is 18.5 Å². The molecule has 0 aliphatic heterocycles. The van der Waals surface area contributed by atoms with E-state index in [1.807, 2.05) is 0 Å². The van der Waals surface area contributed by atoms with Crippen molar-refractivity contribution in [1.29, 1.82) is 0 Å². The first-order valence-corrected chi connectivity index (χ1v) is 40.6. The van der Waals surface area contributed by atoms with Crippen LogP contribution < -0.4 is 5.32 Å². The van der Waals surface area contributed by atoms with Crippen LogP contribution in [0.3, 0.4) is 0 Å². The fraction of sp³-hybridized carbons (Fsp3) is 0.927. The molecule has 0 saturated carbocycles. The summed E-state index contributed by atoms with van der Waals surface area (Å²) >= 11 is 0. The maximum absolute atomic E-state index is 12.6. The largest absolute Gasteiger partial charge is 0.466 e. The minimum Gasteiger partial charge on any atom is -0.466 e. The first kappa shape index (κ1) is 86.3. The molecule has 2 unspecified atom stereocenters. The Kier molecular flexibility index (Phi) is 76.3. The summed E-state index contributed by atoms with van der Waals surface area (Å²) in [4.78, 5) is 24.7. The van der Waals surface area contributed by atoms with Crippen molar-refractivity contribution in [2.75, 3.05) is 13.2 Å². The fourth-order valence-electron chi connectivity index (χ4n) is 13.1. The van der Waals surface area contributed by atoms with Crippen molar-refractivity contribution in [2.45, 2.75) is 475 Å². The van der Waals surface area contributed by atoms with Gasteiger partial charge in [0, 0.05) is 12.8 Å². The van der Waals surface area contributed by atoms with Gasteiger partial charge < -0.3 is 20.3 Å². The molecule has 3 N–H and O–H groups in total. The number of carbonyl (C=O) groups excluding carboxylic acids is 2. The zero-order chi connectivity index (χ0) is 63.5. The molecule has 6 heteroatoms. The SMILES string of the molecule is CCCCCC/C=C\C/C=C\CCCCCCCCCC(=O)OCCCCCCCCCCCCCCCCCCCCCCCCCCCCCCCCCCCCCC(=O)NC(CO)C(O)CCCCCCCCCCCCCCCCCCCC. The molecule has 0 radical (unpaired) electrons. The molecule has 0 aromatic heterocycles. The van der Waals surface area contributed by atoms with E-state index in [0.29, 0.717) is 25.9 Å². The summed E-state index contributed by atoms with van der Waals surface area (Å²) in [5.74, 6) is -0.00868. The number of hydrogen-bond donors (Lipinski definition) is 3. The van der Waals surface area contributed by atoms with Crippen LogP contribution in [0.5, 0.6) is 0 Å². The molecule has 0 spiro atoms. The third-order valence-corrected chi connectivity index (χ3v) is 19.3. The van der Waals surface area contributed by atoms with Gasteiger partial charge in [-0.1, -0.05) is 417 Å². The van der Waals surface area contributed by atoms with Crippen molar-refractivity contribution < 1.29 is 24.5 Å². The van der Waals surface area contributed by atoms with E-state index in [1.165, 1.54) is 379 Å². The zero-order valence-electron chi connectivity index (χ0n) is 60.0. The Hall–Kier alpha value is -1.66. The Bertz CT molecular complexity index is 1380. The Balaban J connectivity index is 3.30. The molecular weight excluding hydrogens is 1080 g/mol. The summed E-state index contributed by atoms with van der Waals surface area (Å²) in [6, 6.07) is -0.537. The summed E-state index contributed by atoms with van der Waals surface area (Å²) in [7, 11) is 0. The molecule has 0 aliphatic rings. The highest BCUT2D eigenvalue weighted by molar-refractivity contribution is 5.76. The van der Waals surface area contributed by atoms with Gasteiger partial charge in [0.25, 0.3) is 0 Å². The molecular formula is C82H159NO5. The number of unbranched alkanes of at least 4 members (excludes halogenated alkanes) is 62. The third kappa shape index (κ3) is 73.4. The van der Waals surface area contributed by atoms with Crippen molar-refractivity contribution >= 4 is 11.9 Å². The predicted octanol–water partition coefficient (Wildman–Crippen LogP) is 26.8. The van der Waals surface area contributed by atoms with E-state index in [2.05, 4.69) is 43.5 Å². The van der Waals surface area contributed by atoms with Gasteiger partial charge in [0.05, 0.1) is 25.4 Å². The van der Waals surface area contributed by atoms with Crippen LogP contribution in [0.1, 0.15) is 463 Å². The molecule has 522 valence electrons. The second-order valence-corrected chi connectivity index (χ2v) is 28.1. The van der Waals surface area contributed by atoms with Crippen LogP contribution in [-0.4, -0.2) is 47.4 Å². The average Bonchev–Trinajstić information content (AvgIpc) is 3.58. The lowest BCUT2D eigenvalue weighted by molar-refractivity contribution is -0.143. The van der Waals surface area contributed by atoms with Gasteiger partial charge in [-0.15, -0.1) is 0 Å². The number of allylic oxidation sites excluding steroid dienone is 4. The maximum Gasteiger partial charge on any atom is 0.305 e. The quantitative estimate of drug-likeness (QED) is 0.0320. The number of aliphatic hydroxyl groups excluding tert-OH is 2. The molecule has 2 atom stereocenters. The van der Waals surface area contributed by atoms with Crippen molar-refractivity contribution in [2.24, 2.45) is 0 Å². The van der Waals surface area contributed by atoms with E-state index < -0.39 is 12.1 Å². The van der Waals surface area contributed by atoms with E-state index in [9.17, 15) is 19.8 Å².